The Balaban J connectivity index is 2.43. The maximum Gasteiger partial charge on any atom is 0.341 e. The van der Waals surface area contributed by atoms with Gasteiger partial charge in [0.25, 0.3) is 11.8 Å². The van der Waals surface area contributed by atoms with E-state index in [4.69, 9.17) is 26.8 Å². The molecule has 0 spiro atoms. The fourth-order valence-corrected chi connectivity index (χ4v) is 3.08. The summed E-state index contributed by atoms with van der Waals surface area (Å²) in [4.78, 5) is 36.2. The lowest BCUT2D eigenvalue weighted by Crippen LogP contribution is -2.52. The zero-order chi connectivity index (χ0) is 19.4. The van der Waals surface area contributed by atoms with Crippen molar-refractivity contribution in [3.63, 3.8) is 0 Å². The number of thiocarbonyl (C=S) groups is 1. The molecule has 0 aromatic heterocycles. The van der Waals surface area contributed by atoms with Crippen LogP contribution in [0.3, 0.4) is 0 Å². The van der Waals surface area contributed by atoms with Crippen molar-refractivity contribution in [1.29, 1.82) is 0 Å². The minimum absolute atomic E-state index is 0.0409. The van der Waals surface area contributed by atoms with Gasteiger partial charge in [-0.05, 0) is 65.5 Å². The minimum atomic E-state index is -1.11. The van der Waals surface area contributed by atoms with E-state index in [0.29, 0.717) is 21.5 Å². The van der Waals surface area contributed by atoms with Crippen LogP contribution in [0.5, 0.6) is 11.5 Å². The summed E-state index contributed by atoms with van der Waals surface area (Å²) in [7, 11) is 1.47. The molecule has 0 unspecified atom stereocenters. The van der Waals surface area contributed by atoms with Crippen LogP contribution in [0.1, 0.15) is 12.5 Å². The molecule has 0 atom stereocenters. The molecular weight excluding hydrogens is 475 g/mol. The minimum Gasteiger partial charge on any atom is -0.490 e. The van der Waals surface area contributed by atoms with Gasteiger partial charge < -0.3 is 14.6 Å². The first-order chi connectivity index (χ1) is 12.2. The van der Waals surface area contributed by atoms with E-state index in [2.05, 4.69) is 5.32 Å². The first-order valence-corrected chi connectivity index (χ1v) is 8.89. The van der Waals surface area contributed by atoms with E-state index in [9.17, 15) is 14.4 Å². The van der Waals surface area contributed by atoms with Crippen molar-refractivity contribution in [1.82, 2.24) is 10.2 Å². The van der Waals surface area contributed by atoms with Crippen LogP contribution in [-0.2, 0) is 14.4 Å². The Morgan fingerprint density at radius 2 is 2.08 bits per heavy atom. The largest absolute Gasteiger partial charge is 0.490 e. The van der Waals surface area contributed by atoms with Crippen LogP contribution in [0, 0.1) is 3.57 Å². The van der Waals surface area contributed by atoms with Crippen LogP contribution in [0.4, 0.5) is 0 Å². The molecule has 138 valence electrons. The molecule has 1 aromatic rings. The van der Waals surface area contributed by atoms with Gasteiger partial charge >= 0.3 is 5.97 Å². The lowest BCUT2D eigenvalue weighted by atomic mass is 10.1. The number of nitrogens with one attached hydrogen (secondary N) is 1. The molecule has 0 aliphatic carbocycles. The molecule has 1 heterocycles. The third-order valence-corrected chi connectivity index (χ3v) is 4.46. The summed E-state index contributed by atoms with van der Waals surface area (Å²) in [5, 5.41) is 11.3. The highest BCUT2D eigenvalue weighted by atomic mass is 127. The number of hydrogen-bond acceptors (Lipinski definition) is 6. The van der Waals surface area contributed by atoms with E-state index in [1.54, 1.807) is 19.1 Å². The van der Waals surface area contributed by atoms with E-state index in [1.807, 2.05) is 22.6 Å². The lowest BCUT2D eigenvalue weighted by Gasteiger charge is -2.25. The number of carbonyl (C=O) groups is 3. The molecular formula is C16H15IN2O6S. The van der Waals surface area contributed by atoms with Gasteiger partial charge in [0.05, 0.1) is 10.2 Å². The van der Waals surface area contributed by atoms with Crippen LogP contribution in [-0.4, -0.2) is 53.2 Å². The Kier molecular flexibility index (Phi) is 6.53. The summed E-state index contributed by atoms with van der Waals surface area (Å²) >= 11 is 6.87. The molecule has 8 nitrogen and oxygen atoms in total. The first kappa shape index (κ1) is 20.1. The van der Waals surface area contributed by atoms with Crippen LogP contribution in [0.25, 0.3) is 6.08 Å². The van der Waals surface area contributed by atoms with Crippen molar-refractivity contribution in [3.8, 4) is 11.5 Å². The van der Waals surface area contributed by atoms with Crippen LogP contribution in [0.2, 0.25) is 0 Å². The topological polar surface area (TPSA) is 105 Å². The van der Waals surface area contributed by atoms with E-state index in [0.717, 1.165) is 0 Å². The number of amides is 2. The zero-order valence-electron chi connectivity index (χ0n) is 13.9. The second kappa shape index (κ2) is 8.45. The van der Waals surface area contributed by atoms with Crippen LogP contribution in [0.15, 0.2) is 17.7 Å². The fraction of sp³-hybridized carbons (Fsp3) is 0.250. The Hall–Kier alpha value is -2.21. The van der Waals surface area contributed by atoms with Crippen molar-refractivity contribution in [2.45, 2.75) is 6.92 Å². The van der Waals surface area contributed by atoms with Crippen molar-refractivity contribution in [3.05, 3.63) is 26.8 Å². The average Bonchev–Trinajstić information content (AvgIpc) is 2.56. The zero-order valence-corrected chi connectivity index (χ0v) is 16.8. The van der Waals surface area contributed by atoms with Gasteiger partial charge in [0.2, 0.25) is 0 Å². The molecule has 0 saturated carbocycles. The van der Waals surface area contributed by atoms with Crippen LogP contribution < -0.4 is 14.8 Å². The van der Waals surface area contributed by atoms with Crippen LogP contribution >= 0.6 is 34.8 Å². The lowest BCUT2D eigenvalue weighted by molar-refractivity contribution is -0.139. The number of hydrogen-bond donors (Lipinski definition) is 2. The number of nitrogens with zero attached hydrogens (tertiary/aromatic N) is 1. The van der Waals surface area contributed by atoms with Crippen molar-refractivity contribution < 1.29 is 29.0 Å². The number of rotatable bonds is 6. The van der Waals surface area contributed by atoms with Crippen molar-refractivity contribution in [2.24, 2.45) is 0 Å². The second-order valence-electron chi connectivity index (χ2n) is 5.13. The number of likely N-dealkylation sites (N-methyl/N-ethyl adjacent to an activating group) is 1. The number of carboxylic acid groups (broad SMARTS) is 1. The van der Waals surface area contributed by atoms with Gasteiger partial charge in [-0.1, -0.05) is 0 Å². The normalized spacial score (nSPS) is 15.9. The Bertz CT molecular complexity index is 823. The highest BCUT2D eigenvalue weighted by Crippen LogP contribution is 2.35. The maximum absolute atomic E-state index is 12.3. The van der Waals surface area contributed by atoms with Gasteiger partial charge in [0.1, 0.15) is 5.57 Å². The van der Waals surface area contributed by atoms with E-state index in [1.165, 1.54) is 18.0 Å². The molecule has 2 rings (SSSR count). The van der Waals surface area contributed by atoms with Gasteiger partial charge in [-0.15, -0.1) is 0 Å². The number of carbonyl (C=O) groups excluding carboxylic acids is 2. The highest BCUT2D eigenvalue weighted by molar-refractivity contribution is 14.1. The van der Waals surface area contributed by atoms with E-state index in [-0.39, 0.29) is 16.4 Å². The molecule has 1 aliphatic rings. The predicted octanol–water partition coefficient (Wildman–Crippen LogP) is 1.41. The number of halogens is 1. The molecule has 0 radical (unpaired) electrons. The molecule has 1 aromatic carbocycles. The van der Waals surface area contributed by atoms with Gasteiger partial charge in [0, 0.05) is 7.05 Å². The molecule has 2 amide bonds. The Morgan fingerprint density at radius 1 is 1.38 bits per heavy atom. The average molecular weight is 490 g/mol. The maximum atomic E-state index is 12.3. The summed E-state index contributed by atoms with van der Waals surface area (Å²) in [6.07, 6.45) is 1.42. The Labute approximate surface area is 168 Å². The summed E-state index contributed by atoms with van der Waals surface area (Å²) in [6.45, 7) is 1.59. The van der Waals surface area contributed by atoms with E-state index >= 15 is 0 Å². The first-order valence-electron chi connectivity index (χ1n) is 7.40. The van der Waals surface area contributed by atoms with Gasteiger partial charge in [-0.3, -0.25) is 19.8 Å². The third kappa shape index (κ3) is 4.49. The standard InChI is InChI=1S/C16H15IN2O6S/c1-3-24-11-6-8(5-10(17)13(11)25-7-12(20)21)4-9-14(22)18-16(26)19(2)15(9)23/h4-6H,3,7H2,1-2H3,(H,20,21)(H,18,22,26)/b9-4+. The molecule has 10 heteroatoms. The second-order valence-corrected chi connectivity index (χ2v) is 6.68. The molecule has 1 aliphatic heterocycles. The van der Waals surface area contributed by atoms with Gasteiger partial charge in [-0.2, -0.15) is 0 Å². The SMILES string of the molecule is CCOc1cc(/C=C2\C(=O)NC(=S)N(C)C2=O)cc(I)c1OCC(=O)O. The third-order valence-electron chi connectivity index (χ3n) is 3.29. The van der Waals surface area contributed by atoms with Crippen molar-refractivity contribution >= 4 is 63.8 Å². The number of carboxylic acids is 1. The number of ether oxygens (including phenoxy) is 2. The van der Waals surface area contributed by atoms with Gasteiger partial charge in [-0.25, -0.2) is 4.79 Å². The smallest absolute Gasteiger partial charge is 0.341 e. The summed E-state index contributed by atoms with van der Waals surface area (Å²) in [5.74, 6) is -1.61. The summed E-state index contributed by atoms with van der Waals surface area (Å²) in [5.41, 5.74) is 0.457. The van der Waals surface area contributed by atoms with Crippen molar-refractivity contribution in [2.75, 3.05) is 20.3 Å². The molecule has 1 saturated heterocycles. The number of benzene rings is 1. The molecule has 2 N–H and O–H groups in total. The fourth-order valence-electron chi connectivity index (χ4n) is 2.12. The Morgan fingerprint density at radius 3 is 2.69 bits per heavy atom. The quantitative estimate of drug-likeness (QED) is 0.269. The van der Waals surface area contributed by atoms with Gasteiger partial charge in [0.15, 0.2) is 23.2 Å². The molecule has 1 fully saturated rings. The monoisotopic (exact) mass is 490 g/mol. The predicted molar refractivity (Wildman–Crippen MR) is 105 cm³/mol. The molecule has 26 heavy (non-hydrogen) atoms. The highest BCUT2D eigenvalue weighted by Gasteiger charge is 2.30. The van der Waals surface area contributed by atoms with E-state index < -0.39 is 24.4 Å². The molecule has 0 bridgehead atoms. The number of aliphatic carboxylic acids is 1. The summed E-state index contributed by atoms with van der Waals surface area (Å²) in [6, 6.07) is 3.23. The summed E-state index contributed by atoms with van der Waals surface area (Å²) < 4.78 is 11.4.